The zero-order chi connectivity index (χ0) is 28.0. The first kappa shape index (κ1) is 33.5. The van der Waals surface area contributed by atoms with Crippen molar-refractivity contribution in [2.45, 2.75) is 169 Å². The second-order valence-electron chi connectivity index (χ2n) is 13.4. The molecule has 3 heteroatoms. The molecule has 0 saturated heterocycles. The first-order valence-electron chi connectivity index (χ1n) is 16.3. The number of ether oxygens (including phenoxy) is 1. The number of aryl methyl sites for hydroxylation is 1. The van der Waals surface area contributed by atoms with Gasteiger partial charge in [0.2, 0.25) is 0 Å². The Bertz CT molecular complexity index is 789. The molecule has 1 N–H and O–H groups in total. The number of unbranched alkanes of at least 4 members (excludes halogenated alkanes) is 5. The van der Waals surface area contributed by atoms with E-state index in [0.29, 0.717) is 20.7 Å². The third-order valence-corrected chi connectivity index (χ3v) is 11.5. The Hall–Kier alpha value is -0.661. The van der Waals surface area contributed by atoms with Crippen LogP contribution in [-0.2, 0) is 6.42 Å². The summed E-state index contributed by atoms with van der Waals surface area (Å²) in [6.07, 6.45) is 22.1. The molecule has 1 aliphatic heterocycles. The van der Waals surface area contributed by atoms with Crippen molar-refractivity contribution in [3.05, 3.63) is 17.2 Å². The van der Waals surface area contributed by atoms with Crippen molar-refractivity contribution in [3.63, 3.8) is 0 Å². The van der Waals surface area contributed by atoms with Gasteiger partial charge in [-0.3, -0.25) is 0 Å². The summed E-state index contributed by atoms with van der Waals surface area (Å²) in [5.74, 6) is 4.15. The fourth-order valence-corrected chi connectivity index (χ4v) is 8.32. The van der Waals surface area contributed by atoms with Crippen molar-refractivity contribution in [2.24, 2.45) is 17.8 Å². The molecule has 220 valence electrons. The zero-order valence-electron chi connectivity index (χ0n) is 26.3. The van der Waals surface area contributed by atoms with E-state index in [1.807, 2.05) is 6.07 Å². The second-order valence-corrected chi connectivity index (χ2v) is 15.7. The Kier molecular flexibility index (Phi) is 15.8. The van der Waals surface area contributed by atoms with Crippen LogP contribution in [0.25, 0.3) is 0 Å². The minimum atomic E-state index is -0.0665. The van der Waals surface area contributed by atoms with Crippen LogP contribution in [0.5, 0.6) is 11.5 Å². The number of hydrogen-bond acceptors (Lipinski definition) is 2. The minimum absolute atomic E-state index is 0.0665. The topological polar surface area (TPSA) is 29.5 Å². The van der Waals surface area contributed by atoms with Crippen molar-refractivity contribution >= 4 is 19.4 Å². The number of fused-ring (bicyclic) bond motifs is 1. The molecule has 1 heterocycles. The molecule has 1 aliphatic rings. The molecule has 0 amide bonds. The number of hydrogen-bond donors (Lipinski definition) is 1. The molecule has 0 aliphatic carbocycles. The molecule has 2 rings (SSSR count). The van der Waals surface area contributed by atoms with E-state index in [9.17, 15) is 5.11 Å². The van der Waals surface area contributed by atoms with Crippen LogP contribution in [0, 0.1) is 24.7 Å². The molecule has 3 atom stereocenters. The first-order chi connectivity index (χ1) is 18.1. The van der Waals surface area contributed by atoms with Gasteiger partial charge in [0.15, 0.2) is 0 Å². The maximum absolute atomic E-state index is 10.8. The summed E-state index contributed by atoms with van der Waals surface area (Å²) in [6.45, 7) is 16.4. The Morgan fingerprint density at radius 2 is 1.47 bits per heavy atom. The molecule has 0 saturated carbocycles. The SMILES string of the molecule is CCCCCCCC[Se]c1c(O)cc2c(c1C)O[C@](C)(CCC[C@H](C)CCC[C@H](C)CCCC(C)C)CC2. The van der Waals surface area contributed by atoms with Crippen molar-refractivity contribution in [1.29, 1.82) is 0 Å². The van der Waals surface area contributed by atoms with Crippen LogP contribution in [0.15, 0.2) is 6.07 Å². The van der Waals surface area contributed by atoms with Crippen LogP contribution in [0.4, 0.5) is 0 Å². The molecule has 38 heavy (non-hydrogen) atoms. The average molecular weight is 594 g/mol. The molecule has 1 aromatic rings. The van der Waals surface area contributed by atoms with Crippen LogP contribution in [-0.4, -0.2) is 25.7 Å². The van der Waals surface area contributed by atoms with E-state index >= 15 is 0 Å². The summed E-state index contributed by atoms with van der Waals surface area (Å²) in [4.78, 5) is 0. The van der Waals surface area contributed by atoms with Crippen molar-refractivity contribution in [1.82, 2.24) is 0 Å². The van der Waals surface area contributed by atoms with E-state index in [1.54, 1.807) is 0 Å². The van der Waals surface area contributed by atoms with E-state index in [1.165, 1.54) is 111 Å². The fraction of sp³-hybridized carbons (Fsp3) is 0.829. The molecular formula is C35H62O2Se. The van der Waals surface area contributed by atoms with Gasteiger partial charge in [-0.2, -0.15) is 0 Å². The van der Waals surface area contributed by atoms with Crippen LogP contribution < -0.4 is 9.20 Å². The number of phenolic OH excluding ortho intramolecular Hbond substituents is 1. The fourth-order valence-electron chi connectivity index (χ4n) is 6.07. The third kappa shape index (κ3) is 12.2. The molecule has 0 spiro atoms. The zero-order valence-corrected chi connectivity index (χ0v) is 28.0. The summed E-state index contributed by atoms with van der Waals surface area (Å²) in [6, 6.07) is 2.02. The van der Waals surface area contributed by atoms with Gasteiger partial charge in [0.1, 0.15) is 0 Å². The quantitative estimate of drug-likeness (QED) is 0.120. The number of benzene rings is 1. The molecule has 2 nitrogen and oxygen atoms in total. The van der Waals surface area contributed by atoms with Crippen molar-refractivity contribution in [3.8, 4) is 11.5 Å². The van der Waals surface area contributed by atoms with Gasteiger partial charge in [-0.25, -0.2) is 0 Å². The standard InChI is InChI=1S/C35H62O2Se/c1-8-9-10-11-12-13-25-38-34-30(6)33-31(26-32(34)36)22-24-35(7,37-33)23-16-21-29(5)20-15-19-28(4)18-14-17-27(2)3/h26-29,36H,8-25H2,1-7H3/t28-,29-,35-/m1/s1. The second kappa shape index (κ2) is 17.9. The van der Waals surface area contributed by atoms with Crippen LogP contribution in [0.3, 0.4) is 0 Å². The van der Waals surface area contributed by atoms with Crippen LogP contribution in [0.1, 0.15) is 155 Å². The Labute approximate surface area is 243 Å². The van der Waals surface area contributed by atoms with E-state index in [0.717, 1.165) is 42.8 Å². The van der Waals surface area contributed by atoms with Crippen LogP contribution >= 0.6 is 0 Å². The molecule has 0 aromatic heterocycles. The van der Waals surface area contributed by atoms with E-state index < -0.39 is 0 Å². The molecule has 0 fully saturated rings. The van der Waals surface area contributed by atoms with E-state index in [2.05, 4.69) is 48.5 Å². The Balaban J connectivity index is 1.76. The Morgan fingerprint density at radius 3 is 2.13 bits per heavy atom. The van der Waals surface area contributed by atoms with Gasteiger partial charge in [-0.15, -0.1) is 0 Å². The van der Waals surface area contributed by atoms with Gasteiger partial charge in [0, 0.05) is 0 Å². The van der Waals surface area contributed by atoms with Gasteiger partial charge >= 0.3 is 192 Å². The summed E-state index contributed by atoms with van der Waals surface area (Å²) < 4.78 is 7.95. The first-order valence-corrected chi connectivity index (χ1v) is 18.4. The van der Waals surface area contributed by atoms with Gasteiger partial charge in [-0.1, -0.05) is 40.0 Å². The summed E-state index contributed by atoms with van der Waals surface area (Å²) >= 11 is 0.326. The van der Waals surface area contributed by atoms with Gasteiger partial charge < -0.3 is 0 Å². The molecule has 0 unspecified atom stereocenters. The molecular weight excluding hydrogens is 531 g/mol. The van der Waals surface area contributed by atoms with E-state index in [4.69, 9.17) is 4.74 Å². The normalized spacial score (nSPS) is 18.8. The maximum atomic E-state index is 10.8. The molecule has 0 bridgehead atoms. The van der Waals surface area contributed by atoms with Gasteiger partial charge in [0.25, 0.3) is 0 Å². The molecule has 0 radical (unpaired) electrons. The number of aromatic hydroxyl groups is 1. The third-order valence-electron chi connectivity index (χ3n) is 8.81. The monoisotopic (exact) mass is 594 g/mol. The summed E-state index contributed by atoms with van der Waals surface area (Å²) in [5.41, 5.74) is 2.36. The predicted molar refractivity (Wildman–Crippen MR) is 168 cm³/mol. The van der Waals surface area contributed by atoms with E-state index in [-0.39, 0.29) is 5.60 Å². The molecule has 1 aromatic carbocycles. The predicted octanol–water partition coefficient (Wildman–Crippen LogP) is 10.3. The van der Waals surface area contributed by atoms with Crippen molar-refractivity contribution < 1.29 is 9.84 Å². The van der Waals surface area contributed by atoms with Crippen LogP contribution in [0.2, 0.25) is 5.32 Å². The summed E-state index contributed by atoms with van der Waals surface area (Å²) in [5, 5.41) is 12.0. The van der Waals surface area contributed by atoms with Crippen molar-refractivity contribution in [2.75, 3.05) is 0 Å². The summed E-state index contributed by atoms with van der Waals surface area (Å²) in [7, 11) is 0. The number of phenols is 1. The average Bonchev–Trinajstić information content (AvgIpc) is 2.85. The van der Waals surface area contributed by atoms with Gasteiger partial charge in [-0.05, 0) is 11.8 Å². The van der Waals surface area contributed by atoms with Gasteiger partial charge in [0.05, 0.1) is 0 Å². The number of rotatable bonds is 20. The Morgan fingerprint density at radius 1 is 0.868 bits per heavy atom.